The largest absolute Gasteiger partial charge is 0.385 e. The van der Waals surface area contributed by atoms with Gasteiger partial charge in [0.05, 0.1) is 19.8 Å². The normalized spacial score (nSPS) is 10.5. The number of rotatable bonds is 12. The summed E-state index contributed by atoms with van der Waals surface area (Å²) in [5.41, 5.74) is 0. The van der Waals surface area contributed by atoms with Crippen LogP contribution in [0.1, 0.15) is 6.42 Å². The van der Waals surface area contributed by atoms with Crippen LogP contribution in [-0.2, 0) is 19.0 Å². The van der Waals surface area contributed by atoms with Crippen molar-refractivity contribution >= 4 is 5.91 Å². The SMILES string of the molecule is COCCCOCCNCC(=O)NCCOC. The molecule has 0 radical (unpaired) electrons. The number of hydrogen-bond acceptors (Lipinski definition) is 5. The van der Waals surface area contributed by atoms with Crippen molar-refractivity contribution in [3.8, 4) is 0 Å². The van der Waals surface area contributed by atoms with Crippen LogP contribution >= 0.6 is 0 Å². The van der Waals surface area contributed by atoms with Gasteiger partial charge < -0.3 is 24.8 Å². The van der Waals surface area contributed by atoms with Gasteiger partial charge in [0.2, 0.25) is 5.91 Å². The molecule has 6 heteroatoms. The van der Waals surface area contributed by atoms with Gasteiger partial charge in [-0.05, 0) is 6.42 Å². The molecular weight excluding hydrogens is 224 g/mol. The first kappa shape index (κ1) is 16.3. The van der Waals surface area contributed by atoms with E-state index in [9.17, 15) is 4.79 Å². The topological polar surface area (TPSA) is 68.8 Å². The molecule has 0 aliphatic heterocycles. The number of nitrogens with one attached hydrogen (secondary N) is 2. The summed E-state index contributed by atoms with van der Waals surface area (Å²) in [5, 5.41) is 5.71. The molecule has 0 saturated carbocycles. The Morgan fingerprint density at radius 1 is 1.00 bits per heavy atom. The van der Waals surface area contributed by atoms with Crippen LogP contribution in [0.2, 0.25) is 0 Å². The van der Waals surface area contributed by atoms with Crippen LogP contribution in [0.15, 0.2) is 0 Å². The Kier molecular flexibility index (Phi) is 12.8. The van der Waals surface area contributed by atoms with Gasteiger partial charge in [-0.2, -0.15) is 0 Å². The van der Waals surface area contributed by atoms with E-state index < -0.39 is 0 Å². The maximum Gasteiger partial charge on any atom is 0.234 e. The van der Waals surface area contributed by atoms with Gasteiger partial charge in [0.15, 0.2) is 0 Å². The highest BCUT2D eigenvalue weighted by Crippen LogP contribution is 1.82. The van der Waals surface area contributed by atoms with Gasteiger partial charge in [0, 0.05) is 40.5 Å². The summed E-state index contributed by atoms with van der Waals surface area (Å²) in [6.45, 7) is 4.08. The number of methoxy groups -OCH3 is 2. The van der Waals surface area contributed by atoms with Crippen molar-refractivity contribution in [2.45, 2.75) is 6.42 Å². The lowest BCUT2D eigenvalue weighted by molar-refractivity contribution is -0.120. The number of amides is 1. The molecule has 0 unspecified atom stereocenters. The molecule has 6 nitrogen and oxygen atoms in total. The van der Waals surface area contributed by atoms with E-state index in [4.69, 9.17) is 14.2 Å². The molecule has 0 saturated heterocycles. The Labute approximate surface area is 103 Å². The van der Waals surface area contributed by atoms with E-state index in [2.05, 4.69) is 10.6 Å². The van der Waals surface area contributed by atoms with Crippen LogP contribution < -0.4 is 10.6 Å². The minimum Gasteiger partial charge on any atom is -0.385 e. The molecule has 0 rings (SSSR count). The first-order valence-corrected chi connectivity index (χ1v) is 5.84. The summed E-state index contributed by atoms with van der Waals surface area (Å²) in [7, 11) is 3.27. The first-order chi connectivity index (χ1) is 8.31. The van der Waals surface area contributed by atoms with Crippen molar-refractivity contribution in [3.63, 3.8) is 0 Å². The van der Waals surface area contributed by atoms with Crippen LogP contribution in [0.3, 0.4) is 0 Å². The minimum absolute atomic E-state index is 0.0265. The van der Waals surface area contributed by atoms with Gasteiger partial charge in [-0.15, -0.1) is 0 Å². The molecule has 0 aromatic heterocycles. The maximum atomic E-state index is 11.2. The lowest BCUT2D eigenvalue weighted by Crippen LogP contribution is -2.36. The van der Waals surface area contributed by atoms with Gasteiger partial charge in [0.1, 0.15) is 0 Å². The summed E-state index contributed by atoms with van der Waals surface area (Å²) in [4.78, 5) is 11.2. The Bertz CT molecular complexity index is 179. The van der Waals surface area contributed by atoms with Gasteiger partial charge in [-0.25, -0.2) is 0 Å². The van der Waals surface area contributed by atoms with Gasteiger partial charge in [-0.1, -0.05) is 0 Å². The molecule has 0 aromatic carbocycles. The van der Waals surface area contributed by atoms with E-state index in [0.29, 0.717) is 39.5 Å². The summed E-state index contributed by atoms with van der Waals surface area (Å²) < 4.78 is 15.0. The number of carbonyl (C=O) groups is 1. The molecule has 2 N–H and O–H groups in total. The number of hydrogen-bond donors (Lipinski definition) is 2. The third kappa shape index (κ3) is 13.2. The standard InChI is InChI=1S/C11H24N2O4/c1-15-6-3-7-17-9-4-12-10-11(14)13-5-8-16-2/h12H,3-10H2,1-2H3,(H,13,14). The van der Waals surface area contributed by atoms with Crippen LogP contribution in [-0.4, -0.2) is 66.2 Å². The number of carbonyl (C=O) groups excluding carboxylic acids is 1. The lowest BCUT2D eigenvalue weighted by atomic mass is 10.5. The fourth-order valence-electron chi connectivity index (χ4n) is 1.11. The predicted octanol–water partition coefficient (Wildman–Crippen LogP) is -0.608. The molecule has 0 aliphatic carbocycles. The average molecular weight is 248 g/mol. The predicted molar refractivity (Wildman–Crippen MR) is 65.1 cm³/mol. The summed E-state index contributed by atoms with van der Waals surface area (Å²) in [6.07, 6.45) is 0.897. The molecule has 0 aromatic rings. The average Bonchev–Trinajstić information content (AvgIpc) is 2.33. The lowest BCUT2D eigenvalue weighted by Gasteiger charge is -2.07. The van der Waals surface area contributed by atoms with Gasteiger partial charge in [0.25, 0.3) is 0 Å². The Balaban J connectivity index is 3.08. The summed E-state index contributed by atoms with van der Waals surface area (Å²) in [6, 6.07) is 0. The second-order valence-corrected chi connectivity index (χ2v) is 3.48. The zero-order valence-electron chi connectivity index (χ0n) is 10.8. The second kappa shape index (κ2) is 13.4. The fraction of sp³-hybridized carbons (Fsp3) is 0.909. The van der Waals surface area contributed by atoms with Crippen LogP contribution in [0.4, 0.5) is 0 Å². The third-order valence-corrected chi connectivity index (χ3v) is 1.97. The van der Waals surface area contributed by atoms with Gasteiger partial charge in [-0.3, -0.25) is 4.79 Å². The van der Waals surface area contributed by atoms with Gasteiger partial charge >= 0.3 is 0 Å². The molecular formula is C11H24N2O4. The van der Waals surface area contributed by atoms with Crippen molar-refractivity contribution in [2.75, 3.05) is 60.3 Å². The van der Waals surface area contributed by atoms with Crippen LogP contribution in [0.5, 0.6) is 0 Å². The summed E-state index contributed by atoms with van der Waals surface area (Å²) >= 11 is 0. The van der Waals surface area contributed by atoms with Crippen LogP contribution in [0.25, 0.3) is 0 Å². The second-order valence-electron chi connectivity index (χ2n) is 3.48. The van der Waals surface area contributed by atoms with E-state index in [1.807, 2.05) is 0 Å². The Morgan fingerprint density at radius 3 is 2.47 bits per heavy atom. The molecule has 1 amide bonds. The van der Waals surface area contributed by atoms with Crippen molar-refractivity contribution < 1.29 is 19.0 Å². The van der Waals surface area contributed by atoms with E-state index in [-0.39, 0.29) is 5.91 Å². The molecule has 0 spiro atoms. The Hall–Kier alpha value is -0.690. The third-order valence-electron chi connectivity index (χ3n) is 1.97. The quantitative estimate of drug-likeness (QED) is 0.451. The molecule has 102 valence electrons. The fourth-order valence-corrected chi connectivity index (χ4v) is 1.11. The number of ether oxygens (including phenoxy) is 3. The van der Waals surface area contributed by atoms with Crippen LogP contribution in [0, 0.1) is 0 Å². The van der Waals surface area contributed by atoms with E-state index in [1.165, 1.54) is 0 Å². The van der Waals surface area contributed by atoms with Crippen molar-refractivity contribution in [2.24, 2.45) is 0 Å². The van der Waals surface area contributed by atoms with E-state index in [1.54, 1.807) is 14.2 Å². The van der Waals surface area contributed by atoms with Crippen molar-refractivity contribution in [1.82, 2.24) is 10.6 Å². The van der Waals surface area contributed by atoms with E-state index in [0.717, 1.165) is 13.0 Å². The molecule has 0 heterocycles. The van der Waals surface area contributed by atoms with Crippen molar-refractivity contribution in [1.29, 1.82) is 0 Å². The molecule has 0 aliphatic rings. The van der Waals surface area contributed by atoms with Crippen molar-refractivity contribution in [3.05, 3.63) is 0 Å². The van der Waals surface area contributed by atoms with E-state index >= 15 is 0 Å². The first-order valence-electron chi connectivity index (χ1n) is 5.84. The minimum atomic E-state index is -0.0265. The highest BCUT2D eigenvalue weighted by molar-refractivity contribution is 5.77. The highest BCUT2D eigenvalue weighted by Gasteiger charge is 1.98. The monoisotopic (exact) mass is 248 g/mol. The molecule has 17 heavy (non-hydrogen) atoms. The Morgan fingerprint density at radius 2 is 1.76 bits per heavy atom. The maximum absolute atomic E-state index is 11.2. The molecule has 0 atom stereocenters. The molecule has 0 bridgehead atoms. The summed E-state index contributed by atoms with van der Waals surface area (Å²) in [5.74, 6) is -0.0265. The molecule has 0 fully saturated rings. The smallest absolute Gasteiger partial charge is 0.234 e. The zero-order chi connectivity index (χ0) is 12.8. The zero-order valence-corrected chi connectivity index (χ0v) is 10.8. The highest BCUT2D eigenvalue weighted by atomic mass is 16.5.